The number of hydrogen-bond donors (Lipinski definition) is 0. The van der Waals surface area contributed by atoms with E-state index in [-0.39, 0.29) is 11.3 Å². The highest BCUT2D eigenvalue weighted by Crippen LogP contribution is 2.50. The van der Waals surface area contributed by atoms with Crippen LogP contribution in [0.15, 0.2) is 83.8 Å². The van der Waals surface area contributed by atoms with Crippen LogP contribution in [0.2, 0.25) is 0 Å². The predicted octanol–water partition coefficient (Wildman–Crippen LogP) is 4.63. The molecule has 6 rings (SSSR count). The second-order valence-electron chi connectivity index (χ2n) is 10.1. The highest BCUT2D eigenvalue weighted by Gasteiger charge is 2.55. The monoisotopic (exact) mass is 558 g/mol. The van der Waals surface area contributed by atoms with E-state index >= 15 is 0 Å². The Kier molecular flexibility index (Phi) is 6.23. The minimum Gasteiger partial charge on any atom is -0.493 e. The lowest BCUT2D eigenvalue weighted by Gasteiger charge is -2.45. The van der Waals surface area contributed by atoms with E-state index in [0.717, 1.165) is 22.1 Å². The summed E-state index contributed by atoms with van der Waals surface area (Å²) in [5.74, 6) is 0.663. The van der Waals surface area contributed by atoms with Crippen LogP contribution in [0.25, 0.3) is 10.9 Å². The van der Waals surface area contributed by atoms with Crippen molar-refractivity contribution in [1.29, 1.82) is 0 Å². The lowest BCUT2D eigenvalue weighted by Crippen LogP contribution is -2.57. The molecule has 3 aromatic carbocycles. The van der Waals surface area contributed by atoms with Gasteiger partial charge in [0.2, 0.25) is 0 Å². The van der Waals surface area contributed by atoms with E-state index in [0.29, 0.717) is 29.3 Å². The van der Waals surface area contributed by atoms with Crippen LogP contribution in [-0.2, 0) is 26.0 Å². The molecular formula is C31H30N2O6S. The normalized spacial score (nSPS) is 20.2. The Labute approximate surface area is 233 Å². The van der Waals surface area contributed by atoms with Gasteiger partial charge in [-0.05, 0) is 48.4 Å². The van der Waals surface area contributed by atoms with Gasteiger partial charge >= 0.3 is 5.97 Å². The van der Waals surface area contributed by atoms with Crippen molar-refractivity contribution in [2.75, 3.05) is 27.9 Å². The molecule has 4 aromatic rings. The second-order valence-corrected chi connectivity index (χ2v) is 11.9. The van der Waals surface area contributed by atoms with Gasteiger partial charge in [-0.2, -0.15) is 0 Å². The number of aryl methyl sites for hydroxylation is 1. The van der Waals surface area contributed by atoms with Crippen molar-refractivity contribution in [3.8, 4) is 11.5 Å². The number of benzene rings is 3. The molecule has 0 aliphatic carbocycles. The van der Waals surface area contributed by atoms with E-state index in [1.807, 2.05) is 60.4 Å². The number of carbonyl (C=O) groups excluding carboxylic acids is 1. The van der Waals surface area contributed by atoms with E-state index in [1.54, 1.807) is 44.6 Å². The fourth-order valence-electron chi connectivity index (χ4n) is 6.16. The van der Waals surface area contributed by atoms with Gasteiger partial charge in [-0.15, -0.1) is 0 Å². The van der Waals surface area contributed by atoms with Gasteiger partial charge < -0.3 is 14.2 Å². The first-order chi connectivity index (χ1) is 19.3. The molecule has 8 nitrogen and oxygen atoms in total. The van der Waals surface area contributed by atoms with Gasteiger partial charge in [0.1, 0.15) is 5.54 Å². The molecule has 3 heterocycles. The van der Waals surface area contributed by atoms with Crippen molar-refractivity contribution >= 4 is 26.9 Å². The number of aromatic nitrogens is 1. The lowest BCUT2D eigenvalue weighted by atomic mass is 9.80. The van der Waals surface area contributed by atoms with Crippen LogP contribution in [0, 0.1) is 6.92 Å². The Balaban J connectivity index is 1.71. The van der Waals surface area contributed by atoms with Crippen LogP contribution >= 0.6 is 0 Å². The molecule has 0 saturated carbocycles. The van der Waals surface area contributed by atoms with Crippen LogP contribution < -0.4 is 9.47 Å². The maximum Gasteiger partial charge on any atom is 0.330 e. The van der Waals surface area contributed by atoms with Crippen molar-refractivity contribution in [1.82, 2.24) is 8.87 Å². The SMILES string of the molecule is COC(=O)[C@]12C=CCN1[C@H](c1ccc(OC)c(OC)c1)c1c(c3ccccc3n1S(=O)(=O)c1ccc(C)cc1)C2. The molecule has 2 atom stereocenters. The molecule has 0 unspecified atom stereocenters. The number of rotatable bonds is 6. The largest absolute Gasteiger partial charge is 0.493 e. The van der Waals surface area contributed by atoms with Crippen molar-refractivity contribution in [2.45, 2.75) is 29.8 Å². The van der Waals surface area contributed by atoms with Crippen LogP contribution in [0.5, 0.6) is 11.5 Å². The summed E-state index contributed by atoms with van der Waals surface area (Å²) in [6, 6.07) is 19.2. The number of carbonyl (C=O) groups is 1. The second kappa shape index (κ2) is 9.53. The van der Waals surface area contributed by atoms with Gasteiger partial charge in [0, 0.05) is 18.4 Å². The van der Waals surface area contributed by atoms with Crippen molar-refractivity contribution < 1.29 is 27.4 Å². The summed E-state index contributed by atoms with van der Waals surface area (Å²) >= 11 is 0. The summed E-state index contributed by atoms with van der Waals surface area (Å²) in [5.41, 5.74) is 2.58. The average molecular weight is 559 g/mol. The van der Waals surface area contributed by atoms with Crippen LogP contribution in [0.3, 0.4) is 0 Å². The summed E-state index contributed by atoms with van der Waals surface area (Å²) in [6.07, 6.45) is 4.10. The number of hydrogen-bond acceptors (Lipinski definition) is 7. The molecule has 2 aliphatic heterocycles. The standard InChI is InChI=1S/C31H30N2O6S/c1-20-10-13-22(14-11-20)40(35,36)33-25-9-6-5-8-23(25)24-19-31(30(34)39-4)16-7-17-32(31)28(29(24)33)21-12-15-26(37-2)27(18-21)38-3/h5-16,18,28H,17,19H2,1-4H3/t28-,31-/m1/s1. The minimum atomic E-state index is -4.03. The van der Waals surface area contributed by atoms with Gasteiger partial charge in [-0.25, -0.2) is 17.2 Å². The zero-order chi connectivity index (χ0) is 28.2. The third-order valence-electron chi connectivity index (χ3n) is 8.02. The number of nitrogens with zero attached hydrogens (tertiary/aromatic N) is 2. The van der Waals surface area contributed by atoms with Gasteiger partial charge in [0.15, 0.2) is 11.5 Å². The van der Waals surface area contributed by atoms with E-state index in [1.165, 1.54) is 11.1 Å². The predicted molar refractivity (Wildman–Crippen MR) is 151 cm³/mol. The summed E-state index contributed by atoms with van der Waals surface area (Å²) < 4.78 is 46.8. The molecule has 0 fully saturated rings. The third kappa shape index (κ3) is 3.68. The molecule has 0 saturated heterocycles. The number of para-hydroxylation sites is 1. The molecule has 9 heteroatoms. The minimum absolute atomic E-state index is 0.192. The molecule has 2 aliphatic rings. The van der Waals surface area contributed by atoms with Gasteiger partial charge in [0.05, 0.1) is 43.5 Å². The maximum atomic E-state index is 14.4. The maximum absolute atomic E-state index is 14.4. The van der Waals surface area contributed by atoms with E-state index in [2.05, 4.69) is 0 Å². The Hall–Kier alpha value is -4.08. The van der Waals surface area contributed by atoms with Crippen molar-refractivity contribution in [2.24, 2.45) is 0 Å². The third-order valence-corrected chi connectivity index (χ3v) is 9.76. The Bertz CT molecular complexity index is 1770. The van der Waals surface area contributed by atoms with E-state index < -0.39 is 27.6 Å². The van der Waals surface area contributed by atoms with Gasteiger partial charge in [-0.3, -0.25) is 4.90 Å². The molecule has 0 N–H and O–H groups in total. The summed E-state index contributed by atoms with van der Waals surface area (Å²) in [6.45, 7) is 2.35. The van der Waals surface area contributed by atoms with E-state index in [9.17, 15) is 13.2 Å². The van der Waals surface area contributed by atoms with Crippen LogP contribution in [0.1, 0.15) is 28.4 Å². The number of methoxy groups -OCH3 is 3. The quantitative estimate of drug-likeness (QED) is 0.252. The Morgan fingerprint density at radius 1 is 0.950 bits per heavy atom. The highest BCUT2D eigenvalue weighted by molar-refractivity contribution is 7.90. The smallest absolute Gasteiger partial charge is 0.330 e. The number of fused-ring (bicyclic) bond motifs is 4. The summed E-state index contributed by atoms with van der Waals surface area (Å²) in [5, 5.41) is 0.780. The highest BCUT2D eigenvalue weighted by atomic mass is 32.2. The topological polar surface area (TPSA) is 87.1 Å². The molecule has 0 radical (unpaired) electrons. The molecule has 40 heavy (non-hydrogen) atoms. The molecule has 0 amide bonds. The molecule has 0 spiro atoms. The Morgan fingerprint density at radius 2 is 1.68 bits per heavy atom. The fraction of sp³-hybridized carbons (Fsp3) is 0.258. The zero-order valence-corrected chi connectivity index (χ0v) is 23.6. The first kappa shape index (κ1) is 26.2. The molecule has 206 valence electrons. The fourth-order valence-corrected chi connectivity index (χ4v) is 7.74. The summed E-state index contributed by atoms with van der Waals surface area (Å²) in [7, 11) is 0.479. The molecule has 1 aromatic heterocycles. The average Bonchev–Trinajstić information content (AvgIpc) is 3.55. The summed E-state index contributed by atoms with van der Waals surface area (Å²) in [4.78, 5) is 15.7. The molecule has 0 bridgehead atoms. The van der Waals surface area contributed by atoms with Crippen molar-refractivity contribution in [3.63, 3.8) is 0 Å². The number of esters is 1. The lowest BCUT2D eigenvalue weighted by molar-refractivity contribution is -0.152. The molecular weight excluding hydrogens is 528 g/mol. The number of ether oxygens (including phenoxy) is 3. The van der Waals surface area contributed by atoms with Crippen LogP contribution in [-0.4, -0.2) is 56.7 Å². The van der Waals surface area contributed by atoms with Crippen LogP contribution in [0.4, 0.5) is 0 Å². The Morgan fingerprint density at radius 3 is 2.38 bits per heavy atom. The van der Waals surface area contributed by atoms with E-state index in [4.69, 9.17) is 14.2 Å². The first-order valence-electron chi connectivity index (χ1n) is 13.0. The zero-order valence-electron chi connectivity index (χ0n) is 22.7. The first-order valence-corrected chi connectivity index (χ1v) is 14.4. The van der Waals surface area contributed by atoms with Crippen molar-refractivity contribution in [3.05, 3.63) is 101 Å². The van der Waals surface area contributed by atoms with Gasteiger partial charge in [-0.1, -0.05) is 54.1 Å². The van der Waals surface area contributed by atoms with Gasteiger partial charge in [0.25, 0.3) is 10.0 Å².